The first-order valence-electron chi connectivity index (χ1n) is 5.03. The molecule has 2 heteroatoms. The fourth-order valence-corrected chi connectivity index (χ4v) is 1.50. The lowest BCUT2D eigenvalue weighted by atomic mass is 10.2. The van der Waals surface area contributed by atoms with Crippen LogP contribution in [-0.2, 0) is 0 Å². The monoisotopic (exact) mass is 208 g/mol. The summed E-state index contributed by atoms with van der Waals surface area (Å²) in [5, 5.41) is 0. The Bertz CT molecular complexity index is 455. The van der Waals surface area contributed by atoms with Crippen molar-refractivity contribution in [1.82, 2.24) is 0 Å². The molecule has 0 aliphatic heterocycles. The van der Waals surface area contributed by atoms with E-state index in [0.717, 1.165) is 11.4 Å². The number of hydrogen-bond donors (Lipinski definition) is 1. The molecular weight excluding hydrogens is 196 g/mol. The molecule has 0 aliphatic carbocycles. The lowest BCUT2D eigenvalue weighted by Gasteiger charge is -2.17. The van der Waals surface area contributed by atoms with Crippen LogP contribution in [0.15, 0.2) is 60.7 Å². The topological polar surface area (TPSA) is 29.3 Å². The molecule has 0 bridgehead atoms. The minimum Gasteiger partial charge on any atom is -0.358 e. The zero-order valence-electron chi connectivity index (χ0n) is 8.80. The van der Waals surface area contributed by atoms with E-state index in [9.17, 15) is 0 Å². The van der Waals surface area contributed by atoms with Crippen molar-refractivity contribution in [3.8, 4) is 12.1 Å². The molecule has 16 heavy (non-hydrogen) atoms. The molecule has 0 fully saturated rings. The maximum Gasteiger partial charge on any atom is 0.0546 e. The zero-order valence-corrected chi connectivity index (χ0v) is 8.80. The van der Waals surface area contributed by atoms with Crippen molar-refractivity contribution in [2.75, 3.05) is 4.90 Å². The van der Waals surface area contributed by atoms with Gasteiger partial charge in [-0.3, -0.25) is 4.90 Å². The lowest BCUT2D eigenvalue weighted by Crippen LogP contribution is -2.09. The van der Waals surface area contributed by atoms with Gasteiger partial charge >= 0.3 is 0 Å². The van der Waals surface area contributed by atoms with Crippen LogP contribution in [0.1, 0.15) is 0 Å². The molecule has 2 aromatic rings. The van der Waals surface area contributed by atoms with Gasteiger partial charge in [0.15, 0.2) is 0 Å². The van der Waals surface area contributed by atoms with Crippen LogP contribution in [-0.4, -0.2) is 0 Å². The summed E-state index contributed by atoms with van der Waals surface area (Å²) >= 11 is 0. The zero-order chi connectivity index (χ0) is 11.2. The van der Waals surface area contributed by atoms with Crippen LogP contribution in [0.25, 0.3) is 0 Å². The first-order chi connectivity index (χ1) is 7.92. The van der Waals surface area contributed by atoms with E-state index in [0.29, 0.717) is 0 Å². The van der Waals surface area contributed by atoms with Crippen molar-refractivity contribution in [1.29, 1.82) is 0 Å². The number of nitrogens with two attached hydrogens (primary N) is 1. The largest absolute Gasteiger partial charge is 0.358 e. The number of nitrogens with zero attached hydrogens (tertiary/aromatic N) is 1. The van der Waals surface area contributed by atoms with Crippen LogP contribution in [0.3, 0.4) is 0 Å². The average Bonchev–Trinajstić information content (AvgIpc) is 2.38. The molecule has 2 N–H and O–H groups in total. The number of benzene rings is 2. The van der Waals surface area contributed by atoms with Gasteiger partial charge in [-0.15, -0.1) is 0 Å². The maximum absolute atomic E-state index is 5.30. The summed E-state index contributed by atoms with van der Waals surface area (Å²) in [5.74, 6) is 0. The van der Waals surface area contributed by atoms with Crippen LogP contribution < -0.4 is 10.6 Å². The van der Waals surface area contributed by atoms with Crippen LogP contribution in [0.5, 0.6) is 0 Å². The molecule has 0 aliphatic rings. The van der Waals surface area contributed by atoms with Crippen molar-refractivity contribution >= 4 is 11.4 Å². The maximum atomic E-state index is 5.30. The molecule has 0 atom stereocenters. The Labute approximate surface area is 95.3 Å². The molecule has 78 valence electrons. The first kappa shape index (κ1) is 10.1. The molecule has 0 saturated heterocycles. The van der Waals surface area contributed by atoms with Crippen molar-refractivity contribution in [2.24, 2.45) is 5.73 Å². The first-order valence-corrected chi connectivity index (χ1v) is 5.03. The fourth-order valence-electron chi connectivity index (χ4n) is 1.50. The van der Waals surface area contributed by atoms with E-state index in [1.54, 1.807) is 0 Å². The molecule has 0 spiro atoms. The Morgan fingerprint density at radius 2 is 1.19 bits per heavy atom. The van der Waals surface area contributed by atoms with E-state index >= 15 is 0 Å². The third-order valence-electron chi connectivity index (χ3n) is 2.21. The third-order valence-corrected chi connectivity index (χ3v) is 2.21. The number of hydrogen-bond acceptors (Lipinski definition) is 2. The normalized spacial score (nSPS) is 9.00. The van der Waals surface area contributed by atoms with E-state index in [-0.39, 0.29) is 0 Å². The minimum absolute atomic E-state index is 1.01. The van der Waals surface area contributed by atoms with E-state index < -0.39 is 0 Å². The highest BCUT2D eigenvalue weighted by atomic mass is 15.1. The third kappa shape index (κ3) is 2.15. The molecule has 0 heterocycles. The van der Waals surface area contributed by atoms with Gasteiger partial charge in [0.1, 0.15) is 0 Å². The Kier molecular flexibility index (Phi) is 3.10. The smallest absolute Gasteiger partial charge is 0.0546 e. The summed E-state index contributed by atoms with van der Waals surface area (Å²) in [5.41, 5.74) is 7.31. The molecule has 0 radical (unpaired) electrons. The van der Waals surface area contributed by atoms with Gasteiger partial charge in [-0.25, -0.2) is 0 Å². The predicted molar refractivity (Wildman–Crippen MR) is 67.0 cm³/mol. The van der Waals surface area contributed by atoms with Crippen molar-refractivity contribution in [3.05, 3.63) is 60.7 Å². The van der Waals surface area contributed by atoms with Gasteiger partial charge in [0.25, 0.3) is 0 Å². The van der Waals surface area contributed by atoms with Crippen LogP contribution in [0.4, 0.5) is 11.4 Å². The molecule has 2 nitrogen and oxygen atoms in total. The van der Waals surface area contributed by atoms with Crippen molar-refractivity contribution < 1.29 is 0 Å². The SMILES string of the molecule is NC#CN(c1ccccc1)c1ccccc1. The minimum atomic E-state index is 1.01. The summed E-state index contributed by atoms with van der Waals surface area (Å²) in [4.78, 5) is 1.86. The molecule has 0 aromatic heterocycles. The lowest BCUT2D eigenvalue weighted by molar-refractivity contribution is 1.33. The molecular formula is C14H12N2. The summed E-state index contributed by atoms with van der Waals surface area (Å²) in [6, 6.07) is 25.2. The second kappa shape index (κ2) is 4.90. The van der Waals surface area contributed by atoms with Gasteiger partial charge in [-0.1, -0.05) is 36.4 Å². The van der Waals surface area contributed by atoms with Gasteiger partial charge in [0, 0.05) is 12.1 Å². The second-order valence-corrected chi connectivity index (χ2v) is 3.26. The summed E-state index contributed by atoms with van der Waals surface area (Å²) in [6.07, 6.45) is 0. The van der Waals surface area contributed by atoms with Gasteiger partial charge < -0.3 is 5.73 Å². The fraction of sp³-hybridized carbons (Fsp3) is 0. The van der Waals surface area contributed by atoms with E-state index in [2.05, 4.69) is 12.1 Å². The Morgan fingerprint density at radius 3 is 1.56 bits per heavy atom. The van der Waals surface area contributed by atoms with Gasteiger partial charge in [-0.05, 0) is 24.3 Å². The standard InChI is InChI=1S/C14H12N2/c15-11-12-16(13-7-3-1-4-8-13)14-9-5-2-6-10-14/h1-10H,15H2. The highest BCUT2D eigenvalue weighted by molar-refractivity contribution is 5.67. The Morgan fingerprint density at radius 1 is 0.750 bits per heavy atom. The van der Waals surface area contributed by atoms with Gasteiger partial charge in [0.2, 0.25) is 0 Å². The highest BCUT2D eigenvalue weighted by Crippen LogP contribution is 2.23. The quantitative estimate of drug-likeness (QED) is 0.607. The molecule has 2 aromatic carbocycles. The summed E-state index contributed by atoms with van der Waals surface area (Å²) in [7, 11) is 0. The summed E-state index contributed by atoms with van der Waals surface area (Å²) < 4.78 is 0. The molecule has 0 amide bonds. The molecule has 0 saturated carbocycles. The van der Waals surface area contributed by atoms with E-state index in [1.807, 2.05) is 65.6 Å². The second-order valence-electron chi connectivity index (χ2n) is 3.26. The van der Waals surface area contributed by atoms with Crippen LogP contribution in [0, 0.1) is 12.1 Å². The number of para-hydroxylation sites is 2. The average molecular weight is 208 g/mol. The van der Waals surface area contributed by atoms with E-state index in [4.69, 9.17) is 5.73 Å². The van der Waals surface area contributed by atoms with Gasteiger partial charge in [0.05, 0.1) is 11.4 Å². The molecule has 0 unspecified atom stereocenters. The van der Waals surface area contributed by atoms with E-state index in [1.165, 1.54) is 0 Å². The molecule has 2 rings (SSSR count). The van der Waals surface area contributed by atoms with Gasteiger partial charge in [-0.2, -0.15) is 0 Å². The Hall–Kier alpha value is -2.40. The highest BCUT2D eigenvalue weighted by Gasteiger charge is 2.04. The predicted octanol–water partition coefficient (Wildman–Crippen LogP) is 2.70. The number of rotatable bonds is 2. The van der Waals surface area contributed by atoms with Crippen LogP contribution >= 0.6 is 0 Å². The Balaban J connectivity index is 2.42. The van der Waals surface area contributed by atoms with Crippen LogP contribution in [0.2, 0.25) is 0 Å². The summed E-state index contributed by atoms with van der Waals surface area (Å²) in [6.45, 7) is 0. The van der Waals surface area contributed by atoms with Crippen molar-refractivity contribution in [2.45, 2.75) is 0 Å². The number of anilines is 2. The van der Waals surface area contributed by atoms with Crippen molar-refractivity contribution in [3.63, 3.8) is 0 Å².